The molecule has 0 bridgehead atoms. The predicted molar refractivity (Wildman–Crippen MR) is 99.2 cm³/mol. The van der Waals surface area contributed by atoms with Gasteiger partial charge in [0.15, 0.2) is 11.5 Å². The van der Waals surface area contributed by atoms with E-state index in [4.69, 9.17) is 15.2 Å². The molecule has 3 N–H and O–H groups in total. The first-order valence-corrected chi connectivity index (χ1v) is 8.33. The summed E-state index contributed by atoms with van der Waals surface area (Å²) in [5.74, 6) is 2.93. The number of nitrogens with zero attached hydrogens (tertiary/aromatic N) is 3. The predicted octanol–water partition coefficient (Wildman–Crippen LogP) is 2.02. The van der Waals surface area contributed by atoms with E-state index in [2.05, 4.69) is 27.2 Å². The molecule has 134 valence electrons. The van der Waals surface area contributed by atoms with Crippen LogP contribution in [0.25, 0.3) is 11.1 Å². The molecule has 0 unspecified atom stereocenters. The molecule has 2 aromatic rings. The Morgan fingerprint density at radius 1 is 1.28 bits per heavy atom. The average molecular weight is 343 g/mol. The molecule has 0 saturated carbocycles. The molecule has 0 radical (unpaired) electrons. The number of ether oxygens (including phenoxy) is 2. The Bertz CT molecular complexity index is 736. The monoisotopic (exact) mass is 343 g/mol. The molecular weight excluding hydrogens is 318 g/mol. The normalized spacial score (nSPS) is 14.9. The van der Waals surface area contributed by atoms with E-state index >= 15 is 0 Å². The minimum atomic E-state index is 0.439. The lowest BCUT2D eigenvalue weighted by molar-refractivity contribution is 0.0845. The Hall–Kier alpha value is -2.54. The van der Waals surface area contributed by atoms with E-state index in [0.29, 0.717) is 35.8 Å². The van der Waals surface area contributed by atoms with Crippen LogP contribution in [0.15, 0.2) is 18.2 Å². The van der Waals surface area contributed by atoms with Crippen LogP contribution in [0.4, 0.5) is 11.8 Å². The molecule has 1 saturated heterocycles. The van der Waals surface area contributed by atoms with E-state index in [-0.39, 0.29) is 0 Å². The van der Waals surface area contributed by atoms with Crippen molar-refractivity contribution in [1.29, 1.82) is 0 Å². The number of benzene rings is 1. The van der Waals surface area contributed by atoms with Crippen molar-refractivity contribution in [3.63, 3.8) is 0 Å². The van der Waals surface area contributed by atoms with Gasteiger partial charge in [-0.25, -0.2) is 4.98 Å². The Balaban J connectivity index is 1.88. The maximum atomic E-state index is 6.15. The second-order valence-corrected chi connectivity index (χ2v) is 6.41. The van der Waals surface area contributed by atoms with Gasteiger partial charge < -0.3 is 25.4 Å². The van der Waals surface area contributed by atoms with Crippen molar-refractivity contribution in [3.05, 3.63) is 23.9 Å². The van der Waals surface area contributed by atoms with Crippen molar-refractivity contribution in [2.45, 2.75) is 6.92 Å². The standard InChI is InChI=1S/C18H25N5O2/c1-11-16(17(19)22-18(20-2)21-11)13-5-6-14(24-4)15(7-13)25-10-12-8-23(3)9-12/h5-7,12H,8-10H2,1-4H3,(H3,19,20,21,22). The van der Waals surface area contributed by atoms with E-state index < -0.39 is 0 Å². The highest BCUT2D eigenvalue weighted by molar-refractivity contribution is 5.78. The summed E-state index contributed by atoms with van der Waals surface area (Å²) in [7, 11) is 5.52. The molecule has 3 rings (SSSR count). The van der Waals surface area contributed by atoms with Crippen molar-refractivity contribution in [2.75, 3.05) is 52.0 Å². The van der Waals surface area contributed by atoms with Crippen LogP contribution in [-0.2, 0) is 0 Å². The first-order valence-electron chi connectivity index (χ1n) is 8.33. The van der Waals surface area contributed by atoms with Gasteiger partial charge in [-0.15, -0.1) is 0 Å². The number of nitrogen functional groups attached to an aromatic ring is 1. The molecule has 0 amide bonds. The zero-order valence-electron chi connectivity index (χ0n) is 15.2. The Labute approximate surface area is 148 Å². The first-order chi connectivity index (χ1) is 12.0. The van der Waals surface area contributed by atoms with E-state index in [1.807, 2.05) is 25.1 Å². The van der Waals surface area contributed by atoms with Gasteiger partial charge in [0.25, 0.3) is 0 Å². The van der Waals surface area contributed by atoms with Crippen molar-refractivity contribution in [2.24, 2.45) is 5.92 Å². The van der Waals surface area contributed by atoms with E-state index in [1.165, 1.54) is 0 Å². The maximum Gasteiger partial charge on any atom is 0.224 e. The SMILES string of the molecule is CNc1nc(C)c(-c2ccc(OC)c(OCC3CN(C)C3)c2)c(N)n1. The van der Waals surface area contributed by atoms with E-state index in [0.717, 1.165) is 29.9 Å². The maximum absolute atomic E-state index is 6.15. The third-order valence-electron chi connectivity index (χ3n) is 4.41. The van der Waals surface area contributed by atoms with E-state index in [1.54, 1.807) is 14.2 Å². The van der Waals surface area contributed by atoms with Crippen molar-refractivity contribution < 1.29 is 9.47 Å². The number of anilines is 2. The van der Waals surface area contributed by atoms with Crippen molar-refractivity contribution >= 4 is 11.8 Å². The second kappa shape index (κ2) is 7.14. The lowest BCUT2D eigenvalue weighted by Gasteiger charge is -2.35. The number of hydrogen-bond acceptors (Lipinski definition) is 7. The zero-order valence-corrected chi connectivity index (χ0v) is 15.2. The summed E-state index contributed by atoms with van der Waals surface area (Å²) in [6.07, 6.45) is 0. The fraction of sp³-hybridized carbons (Fsp3) is 0.444. The van der Waals surface area contributed by atoms with Gasteiger partial charge in [-0.05, 0) is 31.7 Å². The molecule has 1 aromatic carbocycles. The van der Waals surface area contributed by atoms with Crippen LogP contribution >= 0.6 is 0 Å². The molecule has 7 nitrogen and oxygen atoms in total. The van der Waals surface area contributed by atoms with Crippen molar-refractivity contribution in [3.8, 4) is 22.6 Å². The molecule has 2 heterocycles. The Kier molecular flexibility index (Phi) is 4.94. The van der Waals surface area contributed by atoms with Gasteiger partial charge >= 0.3 is 0 Å². The van der Waals surface area contributed by atoms with Crippen LogP contribution in [0, 0.1) is 12.8 Å². The molecule has 0 spiro atoms. The highest BCUT2D eigenvalue weighted by Crippen LogP contribution is 2.36. The number of nitrogens with two attached hydrogens (primary N) is 1. The number of methoxy groups -OCH3 is 1. The molecule has 1 fully saturated rings. The summed E-state index contributed by atoms with van der Waals surface area (Å²) < 4.78 is 11.5. The summed E-state index contributed by atoms with van der Waals surface area (Å²) in [4.78, 5) is 11.0. The molecular formula is C18H25N5O2. The number of nitrogens with one attached hydrogen (secondary N) is 1. The smallest absolute Gasteiger partial charge is 0.224 e. The van der Waals surface area contributed by atoms with Gasteiger partial charge in [0.2, 0.25) is 5.95 Å². The van der Waals surface area contributed by atoms with E-state index in [9.17, 15) is 0 Å². The minimum Gasteiger partial charge on any atom is -0.493 e. The number of hydrogen-bond donors (Lipinski definition) is 2. The van der Waals surface area contributed by atoms with Crippen LogP contribution in [0.3, 0.4) is 0 Å². The number of aromatic nitrogens is 2. The van der Waals surface area contributed by atoms with Gasteiger partial charge in [0, 0.05) is 31.6 Å². The highest BCUT2D eigenvalue weighted by atomic mass is 16.5. The summed E-state index contributed by atoms with van der Waals surface area (Å²) in [6.45, 7) is 4.72. The van der Waals surface area contributed by atoms with Crippen molar-refractivity contribution in [1.82, 2.24) is 14.9 Å². The molecule has 0 aliphatic carbocycles. The molecule has 1 aliphatic heterocycles. The lowest BCUT2D eigenvalue weighted by atomic mass is 10.0. The molecule has 0 atom stereocenters. The lowest BCUT2D eigenvalue weighted by Crippen LogP contribution is -2.46. The van der Waals surface area contributed by atoms with Crippen LogP contribution < -0.4 is 20.5 Å². The topological polar surface area (TPSA) is 85.5 Å². The Morgan fingerprint density at radius 3 is 2.64 bits per heavy atom. The third kappa shape index (κ3) is 3.61. The molecule has 1 aliphatic rings. The molecule has 7 heteroatoms. The van der Waals surface area contributed by atoms with Gasteiger partial charge in [-0.3, -0.25) is 0 Å². The fourth-order valence-electron chi connectivity index (χ4n) is 3.15. The summed E-state index contributed by atoms with van der Waals surface area (Å²) in [5.41, 5.74) is 8.69. The van der Waals surface area contributed by atoms with Crippen LogP contribution in [0.5, 0.6) is 11.5 Å². The summed E-state index contributed by atoms with van der Waals surface area (Å²) in [5, 5.41) is 2.92. The zero-order chi connectivity index (χ0) is 18.0. The first kappa shape index (κ1) is 17.3. The Morgan fingerprint density at radius 2 is 2.04 bits per heavy atom. The average Bonchev–Trinajstić information content (AvgIpc) is 2.57. The molecule has 1 aromatic heterocycles. The minimum absolute atomic E-state index is 0.439. The molecule has 25 heavy (non-hydrogen) atoms. The fourth-order valence-corrected chi connectivity index (χ4v) is 3.15. The summed E-state index contributed by atoms with van der Waals surface area (Å²) >= 11 is 0. The van der Waals surface area contributed by atoms with Crippen LogP contribution in [0.2, 0.25) is 0 Å². The number of rotatable bonds is 6. The van der Waals surface area contributed by atoms with Gasteiger partial charge in [-0.1, -0.05) is 6.07 Å². The van der Waals surface area contributed by atoms with Crippen LogP contribution in [0.1, 0.15) is 5.69 Å². The third-order valence-corrected chi connectivity index (χ3v) is 4.41. The number of aryl methyl sites for hydroxylation is 1. The largest absolute Gasteiger partial charge is 0.493 e. The highest BCUT2D eigenvalue weighted by Gasteiger charge is 2.24. The van der Waals surface area contributed by atoms with Gasteiger partial charge in [0.05, 0.1) is 19.4 Å². The van der Waals surface area contributed by atoms with Gasteiger partial charge in [-0.2, -0.15) is 4.98 Å². The van der Waals surface area contributed by atoms with Gasteiger partial charge in [0.1, 0.15) is 5.82 Å². The second-order valence-electron chi connectivity index (χ2n) is 6.41. The number of likely N-dealkylation sites (tertiary alicyclic amines) is 1. The summed E-state index contributed by atoms with van der Waals surface area (Å²) in [6, 6.07) is 5.79. The quantitative estimate of drug-likeness (QED) is 0.830. The van der Waals surface area contributed by atoms with Crippen LogP contribution in [-0.4, -0.2) is 55.8 Å².